The van der Waals surface area contributed by atoms with E-state index in [1.54, 1.807) is 0 Å². The molecule has 3 aromatic rings. The van der Waals surface area contributed by atoms with Crippen molar-refractivity contribution in [3.63, 3.8) is 0 Å². The van der Waals surface area contributed by atoms with E-state index in [1.165, 1.54) is 11.1 Å². The molecule has 0 saturated carbocycles. The number of fused-ring (bicyclic) bond motifs is 1. The summed E-state index contributed by atoms with van der Waals surface area (Å²) in [6.45, 7) is 3.52. The van der Waals surface area contributed by atoms with Gasteiger partial charge in [-0.15, -0.1) is 0 Å². The van der Waals surface area contributed by atoms with Gasteiger partial charge in [-0.3, -0.25) is 9.69 Å². The van der Waals surface area contributed by atoms with Gasteiger partial charge in [-0.2, -0.15) is 0 Å². The molecule has 0 unspecified atom stereocenters. The van der Waals surface area contributed by atoms with E-state index in [-0.39, 0.29) is 18.7 Å². The topological polar surface area (TPSA) is 42.0 Å². The first kappa shape index (κ1) is 20.6. The van der Waals surface area contributed by atoms with Crippen molar-refractivity contribution in [2.24, 2.45) is 0 Å². The Morgan fingerprint density at radius 1 is 0.781 bits per heavy atom. The predicted octanol–water partition coefficient (Wildman–Crippen LogP) is 4.28. The van der Waals surface area contributed by atoms with E-state index < -0.39 is 0 Å². The Bertz CT molecular complexity index is 1010. The second-order valence-electron chi connectivity index (χ2n) is 8.33. The average molecular weight is 429 g/mol. The lowest BCUT2D eigenvalue weighted by Crippen LogP contribution is -2.49. The fourth-order valence-corrected chi connectivity index (χ4v) is 4.62. The molecule has 1 amide bonds. The van der Waals surface area contributed by atoms with E-state index in [4.69, 9.17) is 9.47 Å². The van der Waals surface area contributed by atoms with Crippen LogP contribution in [-0.4, -0.2) is 48.7 Å². The number of piperazine rings is 1. The van der Waals surface area contributed by atoms with Crippen LogP contribution in [0.4, 0.5) is 0 Å². The first-order chi connectivity index (χ1) is 15.8. The highest BCUT2D eigenvalue weighted by atomic mass is 16.7. The number of rotatable bonds is 6. The molecule has 0 bridgehead atoms. The Morgan fingerprint density at radius 2 is 1.41 bits per heavy atom. The molecule has 5 nitrogen and oxygen atoms in total. The van der Waals surface area contributed by atoms with E-state index >= 15 is 0 Å². The van der Waals surface area contributed by atoms with Crippen LogP contribution in [0.3, 0.4) is 0 Å². The van der Waals surface area contributed by atoms with Gasteiger partial charge >= 0.3 is 0 Å². The minimum atomic E-state index is 0.211. The van der Waals surface area contributed by atoms with Gasteiger partial charge in [0, 0.05) is 32.6 Å². The van der Waals surface area contributed by atoms with Crippen LogP contribution in [0.5, 0.6) is 11.5 Å². The van der Waals surface area contributed by atoms with Crippen molar-refractivity contribution in [1.82, 2.24) is 9.80 Å². The molecule has 0 aromatic heterocycles. The molecule has 5 heteroatoms. The van der Waals surface area contributed by atoms with Gasteiger partial charge in [0.1, 0.15) is 0 Å². The standard InChI is InChI=1S/C27H28N2O3/c30-26(14-12-21-11-13-24-25(19-21)32-20-31-24)28-15-17-29(18-16-28)27(22-7-3-1-4-8-22)23-9-5-2-6-10-23/h1-11,13,19,27H,12,14-18,20H2. The Labute approximate surface area is 189 Å². The fourth-order valence-electron chi connectivity index (χ4n) is 4.62. The lowest BCUT2D eigenvalue weighted by Gasteiger charge is -2.40. The third kappa shape index (κ3) is 4.48. The van der Waals surface area contributed by atoms with Crippen molar-refractivity contribution < 1.29 is 14.3 Å². The van der Waals surface area contributed by atoms with Crippen LogP contribution in [0, 0.1) is 0 Å². The van der Waals surface area contributed by atoms with Crippen LogP contribution in [0.1, 0.15) is 29.2 Å². The molecule has 1 fully saturated rings. The van der Waals surface area contributed by atoms with Gasteiger partial charge in [0.2, 0.25) is 12.7 Å². The Balaban J connectivity index is 1.20. The predicted molar refractivity (Wildman–Crippen MR) is 124 cm³/mol. The van der Waals surface area contributed by atoms with Crippen LogP contribution in [0.2, 0.25) is 0 Å². The summed E-state index contributed by atoms with van der Waals surface area (Å²) in [5.74, 6) is 1.78. The minimum Gasteiger partial charge on any atom is -0.454 e. The summed E-state index contributed by atoms with van der Waals surface area (Å²) in [4.78, 5) is 17.4. The zero-order chi connectivity index (χ0) is 21.8. The number of benzene rings is 3. The number of ether oxygens (including phenoxy) is 2. The highest BCUT2D eigenvalue weighted by molar-refractivity contribution is 5.76. The van der Waals surface area contributed by atoms with E-state index in [1.807, 2.05) is 23.1 Å². The highest BCUT2D eigenvalue weighted by Crippen LogP contribution is 2.33. The van der Waals surface area contributed by atoms with Crippen LogP contribution in [-0.2, 0) is 11.2 Å². The van der Waals surface area contributed by atoms with Crippen molar-refractivity contribution in [2.45, 2.75) is 18.9 Å². The number of nitrogens with zero attached hydrogens (tertiary/aromatic N) is 2. The van der Waals surface area contributed by atoms with Crippen LogP contribution in [0.25, 0.3) is 0 Å². The van der Waals surface area contributed by atoms with Gasteiger partial charge in [0.15, 0.2) is 11.5 Å². The van der Waals surface area contributed by atoms with Crippen molar-refractivity contribution in [1.29, 1.82) is 0 Å². The first-order valence-corrected chi connectivity index (χ1v) is 11.3. The summed E-state index contributed by atoms with van der Waals surface area (Å²) in [6.07, 6.45) is 1.23. The molecule has 0 spiro atoms. The number of amides is 1. The lowest BCUT2D eigenvalue weighted by atomic mass is 9.96. The maximum atomic E-state index is 12.9. The summed E-state index contributed by atoms with van der Waals surface area (Å²) < 4.78 is 10.8. The molecule has 1 saturated heterocycles. The minimum absolute atomic E-state index is 0.211. The second-order valence-corrected chi connectivity index (χ2v) is 8.33. The number of carbonyl (C=O) groups is 1. The fraction of sp³-hybridized carbons (Fsp3) is 0.296. The van der Waals surface area contributed by atoms with Crippen molar-refractivity contribution in [3.05, 3.63) is 95.6 Å². The van der Waals surface area contributed by atoms with E-state index in [0.29, 0.717) is 12.8 Å². The van der Waals surface area contributed by atoms with Crippen molar-refractivity contribution >= 4 is 5.91 Å². The van der Waals surface area contributed by atoms with Crippen molar-refractivity contribution in [3.8, 4) is 11.5 Å². The van der Waals surface area contributed by atoms with Gasteiger partial charge < -0.3 is 14.4 Å². The van der Waals surface area contributed by atoms with E-state index in [2.05, 4.69) is 65.6 Å². The molecule has 2 heterocycles. The highest BCUT2D eigenvalue weighted by Gasteiger charge is 2.28. The smallest absolute Gasteiger partial charge is 0.231 e. The average Bonchev–Trinajstić information content (AvgIpc) is 3.33. The summed E-state index contributed by atoms with van der Waals surface area (Å²) >= 11 is 0. The first-order valence-electron chi connectivity index (χ1n) is 11.3. The van der Waals surface area contributed by atoms with Gasteiger partial charge in [-0.1, -0.05) is 66.7 Å². The quantitative estimate of drug-likeness (QED) is 0.588. The number of hydrogen-bond donors (Lipinski definition) is 0. The lowest BCUT2D eigenvalue weighted by molar-refractivity contribution is -0.133. The summed E-state index contributed by atoms with van der Waals surface area (Å²) in [5, 5.41) is 0. The molecule has 2 aliphatic rings. The van der Waals surface area contributed by atoms with E-state index in [9.17, 15) is 4.79 Å². The van der Waals surface area contributed by atoms with Crippen LogP contribution >= 0.6 is 0 Å². The second kappa shape index (κ2) is 9.45. The maximum Gasteiger partial charge on any atom is 0.231 e. The molecule has 164 valence electrons. The molecule has 0 atom stereocenters. The van der Waals surface area contributed by atoms with Crippen LogP contribution < -0.4 is 9.47 Å². The molecule has 5 rings (SSSR count). The van der Waals surface area contributed by atoms with Crippen LogP contribution in [0.15, 0.2) is 78.9 Å². The van der Waals surface area contributed by atoms with E-state index in [0.717, 1.165) is 43.2 Å². The van der Waals surface area contributed by atoms with Gasteiger partial charge in [0.25, 0.3) is 0 Å². The molecular formula is C27H28N2O3. The summed E-state index contributed by atoms with van der Waals surface area (Å²) in [6, 6.07) is 27.4. The summed E-state index contributed by atoms with van der Waals surface area (Å²) in [5.41, 5.74) is 3.69. The zero-order valence-electron chi connectivity index (χ0n) is 18.2. The normalized spacial score (nSPS) is 15.8. The maximum absolute atomic E-state index is 12.9. The molecule has 32 heavy (non-hydrogen) atoms. The molecular weight excluding hydrogens is 400 g/mol. The molecule has 0 radical (unpaired) electrons. The number of aryl methyl sites for hydroxylation is 1. The zero-order valence-corrected chi connectivity index (χ0v) is 18.2. The largest absolute Gasteiger partial charge is 0.454 e. The van der Waals surface area contributed by atoms with Gasteiger partial charge in [-0.05, 0) is 35.2 Å². The Kier molecular flexibility index (Phi) is 6.08. The molecule has 3 aromatic carbocycles. The Morgan fingerprint density at radius 3 is 2.06 bits per heavy atom. The number of carbonyl (C=O) groups excluding carboxylic acids is 1. The third-order valence-corrected chi connectivity index (χ3v) is 6.33. The van der Waals surface area contributed by atoms with Crippen molar-refractivity contribution in [2.75, 3.05) is 33.0 Å². The molecule has 0 aliphatic carbocycles. The van der Waals surface area contributed by atoms with Gasteiger partial charge in [0.05, 0.1) is 6.04 Å². The molecule has 2 aliphatic heterocycles. The molecule has 0 N–H and O–H groups in total. The third-order valence-electron chi connectivity index (χ3n) is 6.33. The Hall–Kier alpha value is -3.31. The van der Waals surface area contributed by atoms with Gasteiger partial charge in [-0.25, -0.2) is 0 Å². The SMILES string of the molecule is O=C(CCc1ccc2c(c1)OCO2)N1CCN(C(c2ccccc2)c2ccccc2)CC1. The summed E-state index contributed by atoms with van der Waals surface area (Å²) in [7, 11) is 0. The monoisotopic (exact) mass is 428 g/mol. The number of hydrogen-bond acceptors (Lipinski definition) is 4.